The van der Waals surface area contributed by atoms with E-state index >= 15 is 0 Å². The number of hydrogen-bond acceptors (Lipinski definition) is 3. The number of carbonyl (C=O) groups excluding carboxylic acids is 1. The van der Waals surface area contributed by atoms with E-state index in [0.29, 0.717) is 35.3 Å². The van der Waals surface area contributed by atoms with Crippen molar-refractivity contribution >= 4 is 11.9 Å². The van der Waals surface area contributed by atoms with Gasteiger partial charge in [0.2, 0.25) is 5.78 Å². The summed E-state index contributed by atoms with van der Waals surface area (Å²) in [6.45, 7) is 8.95. The Morgan fingerprint density at radius 1 is 0.967 bits per heavy atom. The van der Waals surface area contributed by atoms with Gasteiger partial charge in [-0.05, 0) is 60.2 Å². The number of rotatable bonds is 5. The maximum Gasteiger partial charge on any atom is 0.231 e. The molecular formula is C27H26O3. The van der Waals surface area contributed by atoms with Crippen LogP contribution in [0.4, 0.5) is 0 Å². The second kappa shape index (κ2) is 8.19. The molecule has 0 fully saturated rings. The van der Waals surface area contributed by atoms with Crippen LogP contribution in [0.15, 0.2) is 66.4 Å². The Hall–Kier alpha value is -3.33. The Kier molecular flexibility index (Phi) is 5.45. The van der Waals surface area contributed by atoms with Gasteiger partial charge in [0.15, 0.2) is 5.76 Å². The molecule has 0 saturated carbocycles. The summed E-state index contributed by atoms with van der Waals surface area (Å²) in [5.74, 6) is 1.95. The molecule has 1 aliphatic heterocycles. The van der Waals surface area contributed by atoms with Crippen LogP contribution in [0.5, 0.6) is 11.5 Å². The average Bonchev–Trinajstić information content (AvgIpc) is 3.04. The first-order valence-electron chi connectivity index (χ1n) is 10.3. The summed E-state index contributed by atoms with van der Waals surface area (Å²) in [5.41, 5.74) is 6.34. The maximum atomic E-state index is 12.7. The van der Waals surface area contributed by atoms with Crippen molar-refractivity contribution in [3.63, 3.8) is 0 Å². The van der Waals surface area contributed by atoms with Gasteiger partial charge in [-0.25, -0.2) is 0 Å². The SMILES string of the molecule is Cc1ccc(C)c(COc2ccc3c(c2)O/C(=C\c2ccc(C(C)C)cc2)C3=O)c1. The number of fused-ring (bicyclic) bond motifs is 1. The highest BCUT2D eigenvalue weighted by atomic mass is 16.5. The van der Waals surface area contributed by atoms with E-state index in [4.69, 9.17) is 9.47 Å². The van der Waals surface area contributed by atoms with Gasteiger partial charge in [0.1, 0.15) is 18.1 Å². The smallest absolute Gasteiger partial charge is 0.231 e. The Bertz CT molecular complexity index is 1120. The van der Waals surface area contributed by atoms with Crippen molar-refractivity contribution in [3.05, 3.63) is 99.8 Å². The van der Waals surface area contributed by atoms with Gasteiger partial charge < -0.3 is 9.47 Å². The summed E-state index contributed by atoms with van der Waals surface area (Å²) in [7, 11) is 0. The summed E-state index contributed by atoms with van der Waals surface area (Å²) in [6.07, 6.45) is 1.79. The molecule has 4 rings (SSSR count). The fourth-order valence-corrected chi connectivity index (χ4v) is 3.50. The van der Waals surface area contributed by atoms with Gasteiger partial charge in [-0.1, -0.05) is 61.9 Å². The molecule has 0 bridgehead atoms. The molecular weight excluding hydrogens is 372 g/mol. The minimum Gasteiger partial charge on any atom is -0.489 e. The van der Waals surface area contributed by atoms with Crippen LogP contribution in [-0.2, 0) is 6.61 Å². The van der Waals surface area contributed by atoms with E-state index in [1.165, 1.54) is 16.7 Å². The van der Waals surface area contributed by atoms with E-state index in [0.717, 1.165) is 11.1 Å². The number of benzene rings is 3. The molecule has 3 heteroatoms. The van der Waals surface area contributed by atoms with Crippen LogP contribution in [0.1, 0.15) is 57.9 Å². The Labute approximate surface area is 178 Å². The minimum absolute atomic E-state index is 0.0981. The van der Waals surface area contributed by atoms with Crippen LogP contribution in [0.2, 0.25) is 0 Å². The van der Waals surface area contributed by atoms with Crippen LogP contribution in [0.3, 0.4) is 0 Å². The Morgan fingerprint density at radius 3 is 2.47 bits per heavy atom. The summed E-state index contributed by atoms with van der Waals surface area (Å²) >= 11 is 0. The molecule has 1 heterocycles. The van der Waals surface area contributed by atoms with E-state index < -0.39 is 0 Å². The number of ketones is 1. The van der Waals surface area contributed by atoms with E-state index in [2.05, 4.69) is 58.0 Å². The average molecular weight is 399 g/mol. The van der Waals surface area contributed by atoms with E-state index in [-0.39, 0.29) is 5.78 Å². The third-order valence-electron chi connectivity index (χ3n) is 5.44. The third-order valence-corrected chi connectivity index (χ3v) is 5.44. The highest BCUT2D eigenvalue weighted by Gasteiger charge is 2.27. The quantitative estimate of drug-likeness (QED) is 0.453. The molecule has 152 valence electrons. The first-order chi connectivity index (χ1) is 14.4. The summed E-state index contributed by atoms with van der Waals surface area (Å²) < 4.78 is 11.8. The van der Waals surface area contributed by atoms with Crippen LogP contribution in [-0.4, -0.2) is 5.78 Å². The molecule has 0 amide bonds. The van der Waals surface area contributed by atoms with Crippen LogP contribution in [0, 0.1) is 13.8 Å². The lowest BCUT2D eigenvalue weighted by molar-refractivity contribution is 0.101. The van der Waals surface area contributed by atoms with Crippen LogP contribution in [0.25, 0.3) is 6.08 Å². The van der Waals surface area contributed by atoms with Crippen molar-refractivity contribution in [1.29, 1.82) is 0 Å². The Balaban J connectivity index is 1.50. The number of allylic oxidation sites excluding steroid dienone is 1. The fourth-order valence-electron chi connectivity index (χ4n) is 3.50. The third kappa shape index (κ3) is 4.16. The van der Waals surface area contributed by atoms with Crippen molar-refractivity contribution in [3.8, 4) is 11.5 Å². The van der Waals surface area contributed by atoms with Gasteiger partial charge in [0, 0.05) is 6.07 Å². The molecule has 3 aromatic rings. The normalized spacial score (nSPS) is 14.2. The highest BCUT2D eigenvalue weighted by Crippen LogP contribution is 2.35. The molecule has 1 aliphatic rings. The zero-order chi connectivity index (χ0) is 21.3. The molecule has 0 aliphatic carbocycles. The van der Waals surface area contributed by atoms with Gasteiger partial charge >= 0.3 is 0 Å². The molecule has 0 radical (unpaired) electrons. The van der Waals surface area contributed by atoms with Crippen LogP contribution < -0.4 is 9.47 Å². The van der Waals surface area contributed by atoms with Gasteiger partial charge in [-0.2, -0.15) is 0 Å². The zero-order valence-corrected chi connectivity index (χ0v) is 17.9. The topological polar surface area (TPSA) is 35.5 Å². The fraction of sp³-hybridized carbons (Fsp3) is 0.222. The Morgan fingerprint density at radius 2 is 1.73 bits per heavy atom. The van der Waals surface area contributed by atoms with Crippen molar-refractivity contribution in [2.24, 2.45) is 0 Å². The number of ether oxygens (including phenoxy) is 2. The predicted molar refractivity (Wildman–Crippen MR) is 120 cm³/mol. The lowest BCUT2D eigenvalue weighted by Crippen LogP contribution is -1.99. The molecule has 0 N–H and O–H groups in total. The zero-order valence-electron chi connectivity index (χ0n) is 17.9. The summed E-state index contributed by atoms with van der Waals surface area (Å²) in [6, 6.07) is 19.9. The van der Waals surface area contributed by atoms with Crippen molar-refractivity contribution < 1.29 is 14.3 Å². The maximum absolute atomic E-state index is 12.7. The van der Waals surface area contributed by atoms with Gasteiger partial charge in [-0.3, -0.25) is 4.79 Å². The first-order valence-corrected chi connectivity index (χ1v) is 10.3. The van der Waals surface area contributed by atoms with Crippen molar-refractivity contribution in [2.75, 3.05) is 0 Å². The number of Topliss-reactive ketones (excluding diaryl/α,β-unsaturated/α-hetero) is 1. The largest absolute Gasteiger partial charge is 0.489 e. The standard InChI is InChI=1S/C27H26O3/c1-17(2)21-9-7-20(8-10-21)14-26-27(28)24-12-11-23(15-25(24)30-26)29-16-22-13-18(3)5-6-19(22)4/h5-15,17H,16H2,1-4H3/b26-14-. The lowest BCUT2D eigenvalue weighted by Gasteiger charge is -2.10. The minimum atomic E-state index is -0.0981. The molecule has 3 nitrogen and oxygen atoms in total. The summed E-state index contributed by atoms with van der Waals surface area (Å²) in [5, 5.41) is 0. The van der Waals surface area contributed by atoms with Gasteiger partial charge in [0.25, 0.3) is 0 Å². The monoisotopic (exact) mass is 398 g/mol. The number of carbonyl (C=O) groups is 1. The van der Waals surface area contributed by atoms with E-state index in [1.807, 2.05) is 18.2 Å². The first kappa shape index (κ1) is 20.0. The molecule has 0 spiro atoms. The molecule has 0 atom stereocenters. The molecule has 30 heavy (non-hydrogen) atoms. The van der Waals surface area contributed by atoms with Crippen molar-refractivity contribution in [1.82, 2.24) is 0 Å². The van der Waals surface area contributed by atoms with Crippen LogP contribution >= 0.6 is 0 Å². The second-order valence-corrected chi connectivity index (χ2v) is 8.14. The van der Waals surface area contributed by atoms with Crippen molar-refractivity contribution in [2.45, 2.75) is 40.2 Å². The second-order valence-electron chi connectivity index (χ2n) is 8.14. The number of hydrogen-bond donors (Lipinski definition) is 0. The predicted octanol–water partition coefficient (Wildman–Crippen LogP) is 6.62. The van der Waals surface area contributed by atoms with E-state index in [1.54, 1.807) is 18.2 Å². The van der Waals surface area contributed by atoms with E-state index in [9.17, 15) is 4.79 Å². The molecule has 3 aromatic carbocycles. The molecule has 0 aromatic heterocycles. The van der Waals surface area contributed by atoms with Gasteiger partial charge in [0.05, 0.1) is 5.56 Å². The highest BCUT2D eigenvalue weighted by molar-refractivity contribution is 6.14. The summed E-state index contributed by atoms with van der Waals surface area (Å²) in [4.78, 5) is 12.7. The molecule has 0 unspecified atom stereocenters. The van der Waals surface area contributed by atoms with Gasteiger partial charge in [-0.15, -0.1) is 0 Å². The number of aryl methyl sites for hydroxylation is 2. The lowest BCUT2D eigenvalue weighted by atomic mass is 10.0. The molecule has 0 saturated heterocycles.